The van der Waals surface area contributed by atoms with E-state index in [0.717, 1.165) is 17.8 Å². The van der Waals surface area contributed by atoms with Crippen LogP contribution in [0.4, 0.5) is 17.1 Å². The van der Waals surface area contributed by atoms with E-state index in [1.165, 1.54) is 136 Å². The van der Waals surface area contributed by atoms with Gasteiger partial charge in [-0.3, -0.25) is 0 Å². The summed E-state index contributed by atoms with van der Waals surface area (Å²) < 4.78 is 0. The van der Waals surface area contributed by atoms with Crippen LogP contribution in [0.5, 0.6) is 0 Å². The summed E-state index contributed by atoms with van der Waals surface area (Å²) in [6, 6.07) is 58.1. The van der Waals surface area contributed by atoms with Gasteiger partial charge in [0.2, 0.25) is 0 Å². The number of anilines is 3. The van der Waals surface area contributed by atoms with Crippen molar-refractivity contribution in [1.82, 2.24) is 0 Å². The molecule has 4 aliphatic carbocycles. The first-order valence-electron chi connectivity index (χ1n) is 21.9. The molecule has 0 saturated heterocycles. The molecule has 1 heteroatoms. The minimum Gasteiger partial charge on any atom is -0.310 e. The van der Waals surface area contributed by atoms with Crippen molar-refractivity contribution in [2.75, 3.05) is 4.90 Å². The van der Waals surface area contributed by atoms with Gasteiger partial charge in [0.15, 0.2) is 0 Å². The molecule has 0 aromatic heterocycles. The average Bonchev–Trinajstić information content (AvgIpc) is 3.97. The molecule has 0 radical (unpaired) electrons. The lowest BCUT2D eigenvalue weighted by Crippen LogP contribution is -2.17. The van der Waals surface area contributed by atoms with Crippen LogP contribution in [0.1, 0.15) is 106 Å². The molecule has 0 N–H and O–H groups in total. The first-order chi connectivity index (χ1) is 28.0. The van der Waals surface area contributed by atoms with Crippen LogP contribution in [0.25, 0.3) is 44.2 Å². The van der Waals surface area contributed by atoms with E-state index in [1.54, 1.807) is 5.56 Å². The first kappa shape index (κ1) is 34.8. The lowest BCUT2D eigenvalue weighted by atomic mass is 9.81. The van der Waals surface area contributed by atoms with E-state index in [9.17, 15) is 0 Å². The highest BCUT2D eigenvalue weighted by atomic mass is 15.1. The van der Waals surface area contributed by atoms with Crippen LogP contribution in [0.15, 0.2) is 152 Å². The Morgan fingerprint density at radius 1 is 0.509 bits per heavy atom. The lowest BCUT2D eigenvalue weighted by molar-refractivity contribution is 0.420. The van der Waals surface area contributed by atoms with Gasteiger partial charge in [-0.1, -0.05) is 155 Å². The standard InChI is InChI=1S/C56H53N/c1-56(2)52-32-27-43(47-20-10-9-19-46(47)38-13-5-3-6-14-38)35-51(52)49-31-30-45(36-53(49)56)57(44-28-25-40(26-29-44)50-34-37-23-24-42(50)33-37)54-22-12-18-41-17-11-21-48(55(41)54)39-15-7-4-8-16-39/h3,5-6,9-14,17-22,25-32,35-37,39,42,50H,4,7-8,15-16,23-24,33-34H2,1-2H3. The Bertz CT molecular complexity index is 2600. The van der Waals surface area contributed by atoms with Crippen LogP contribution in [0.3, 0.4) is 0 Å². The minimum absolute atomic E-state index is 0.137. The van der Waals surface area contributed by atoms with Crippen LogP contribution < -0.4 is 4.90 Å². The summed E-state index contributed by atoms with van der Waals surface area (Å²) in [7, 11) is 0. The third-order valence-electron chi connectivity index (χ3n) is 14.8. The van der Waals surface area contributed by atoms with Crippen molar-refractivity contribution in [3.05, 3.63) is 174 Å². The number of hydrogen-bond donors (Lipinski definition) is 0. The zero-order valence-electron chi connectivity index (χ0n) is 33.6. The fourth-order valence-corrected chi connectivity index (χ4v) is 11.9. The molecule has 2 bridgehead atoms. The molecule has 1 nitrogen and oxygen atoms in total. The molecule has 3 atom stereocenters. The zero-order chi connectivity index (χ0) is 38.1. The summed E-state index contributed by atoms with van der Waals surface area (Å²) in [5.41, 5.74) is 17.3. The fourth-order valence-electron chi connectivity index (χ4n) is 11.9. The number of fused-ring (bicyclic) bond motifs is 6. The molecule has 3 fully saturated rings. The molecular weight excluding hydrogens is 687 g/mol. The van der Waals surface area contributed by atoms with E-state index in [1.807, 2.05) is 0 Å². The van der Waals surface area contributed by atoms with Gasteiger partial charge in [-0.25, -0.2) is 0 Å². The summed E-state index contributed by atoms with van der Waals surface area (Å²) in [6.07, 6.45) is 12.3. The predicted molar refractivity (Wildman–Crippen MR) is 241 cm³/mol. The third-order valence-corrected chi connectivity index (χ3v) is 14.8. The predicted octanol–water partition coefficient (Wildman–Crippen LogP) is 15.9. The van der Waals surface area contributed by atoms with Crippen LogP contribution in [-0.4, -0.2) is 0 Å². The maximum Gasteiger partial charge on any atom is 0.0542 e. The van der Waals surface area contributed by atoms with Gasteiger partial charge in [0, 0.05) is 22.2 Å². The molecular formula is C56H53N. The van der Waals surface area contributed by atoms with Crippen molar-refractivity contribution >= 4 is 27.8 Å². The largest absolute Gasteiger partial charge is 0.310 e. The number of nitrogens with zero attached hydrogens (tertiary/aromatic N) is 1. The van der Waals surface area contributed by atoms with Gasteiger partial charge < -0.3 is 4.90 Å². The second-order valence-corrected chi connectivity index (χ2v) is 18.3. The molecule has 0 aliphatic heterocycles. The van der Waals surface area contributed by atoms with E-state index in [2.05, 4.69) is 170 Å². The molecule has 7 aromatic carbocycles. The minimum atomic E-state index is -0.137. The number of hydrogen-bond acceptors (Lipinski definition) is 1. The van der Waals surface area contributed by atoms with Crippen LogP contribution in [0, 0.1) is 11.8 Å². The first-order valence-corrected chi connectivity index (χ1v) is 21.9. The fraction of sp³-hybridized carbons (Fsp3) is 0.286. The van der Waals surface area contributed by atoms with Gasteiger partial charge in [-0.2, -0.15) is 0 Å². The Kier molecular flexibility index (Phi) is 8.50. The molecule has 7 aromatic rings. The van der Waals surface area contributed by atoms with Crippen molar-refractivity contribution in [3.8, 4) is 33.4 Å². The lowest BCUT2D eigenvalue weighted by Gasteiger charge is -2.31. The van der Waals surface area contributed by atoms with E-state index >= 15 is 0 Å². The number of benzene rings is 7. The monoisotopic (exact) mass is 739 g/mol. The Morgan fingerprint density at radius 2 is 1.25 bits per heavy atom. The molecule has 4 aliphatic rings. The third kappa shape index (κ3) is 5.88. The van der Waals surface area contributed by atoms with Gasteiger partial charge in [0.25, 0.3) is 0 Å². The molecule has 0 spiro atoms. The van der Waals surface area contributed by atoms with Crippen molar-refractivity contribution in [2.45, 2.75) is 88.9 Å². The smallest absolute Gasteiger partial charge is 0.0542 e. The van der Waals surface area contributed by atoms with Crippen molar-refractivity contribution < 1.29 is 0 Å². The topological polar surface area (TPSA) is 3.24 Å². The van der Waals surface area contributed by atoms with E-state index < -0.39 is 0 Å². The maximum absolute atomic E-state index is 2.60. The van der Waals surface area contributed by atoms with Gasteiger partial charge in [0.1, 0.15) is 0 Å². The summed E-state index contributed by atoms with van der Waals surface area (Å²) in [5.74, 6) is 3.16. The summed E-state index contributed by atoms with van der Waals surface area (Å²) in [6.45, 7) is 4.85. The Hall–Kier alpha value is -5.40. The number of rotatable bonds is 7. The molecule has 0 amide bonds. The molecule has 3 saturated carbocycles. The van der Waals surface area contributed by atoms with E-state index in [-0.39, 0.29) is 5.41 Å². The summed E-state index contributed by atoms with van der Waals surface area (Å²) in [4.78, 5) is 2.60. The highest BCUT2D eigenvalue weighted by Crippen LogP contribution is 2.55. The SMILES string of the molecule is CC1(C)c2ccc(-c3ccccc3-c3ccccc3)cc2-c2ccc(N(c3ccc(C4CC5CCC4C5)cc3)c3cccc4cccc(C5CCCCC5)c34)cc21. The quantitative estimate of drug-likeness (QED) is 0.157. The van der Waals surface area contributed by atoms with Crippen LogP contribution in [0.2, 0.25) is 0 Å². The van der Waals surface area contributed by atoms with Gasteiger partial charge in [0.05, 0.1) is 5.69 Å². The summed E-state index contributed by atoms with van der Waals surface area (Å²) in [5, 5.41) is 2.77. The zero-order valence-corrected chi connectivity index (χ0v) is 33.6. The van der Waals surface area contributed by atoms with Gasteiger partial charge in [-0.05, 0) is 153 Å². The average molecular weight is 740 g/mol. The van der Waals surface area contributed by atoms with Crippen LogP contribution in [-0.2, 0) is 5.41 Å². The van der Waals surface area contributed by atoms with E-state index in [4.69, 9.17) is 0 Å². The normalized spacial score (nSPS) is 20.8. The van der Waals surface area contributed by atoms with Crippen molar-refractivity contribution in [1.29, 1.82) is 0 Å². The molecule has 0 heterocycles. The molecule has 57 heavy (non-hydrogen) atoms. The molecule has 11 rings (SSSR count). The molecule has 3 unspecified atom stereocenters. The second-order valence-electron chi connectivity index (χ2n) is 18.3. The summed E-state index contributed by atoms with van der Waals surface area (Å²) >= 11 is 0. The van der Waals surface area contributed by atoms with Gasteiger partial charge >= 0.3 is 0 Å². The molecule has 282 valence electrons. The van der Waals surface area contributed by atoms with Gasteiger partial charge in [-0.15, -0.1) is 0 Å². The highest BCUT2D eigenvalue weighted by Gasteiger charge is 2.40. The van der Waals surface area contributed by atoms with E-state index in [0.29, 0.717) is 5.92 Å². The van der Waals surface area contributed by atoms with Crippen LogP contribution >= 0.6 is 0 Å². The maximum atomic E-state index is 2.60. The van der Waals surface area contributed by atoms with Crippen molar-refractivity contribution in [3.63, 3.8) is 0 Å². The highest BCUT2D eigenvalue weighted by molar-refractivity contribution is 6.02. The second kappa shape index (κ2) is 13.9. The Labute approximate surface area is 339 Å². The Balaban J connectivity index is 1.05. The Morgan fingerprint density at radius 3 is 2.00 bits per heavy atom. The van der Waals surface area contributed by atoms with Crippen molar-refractivity contribution in [2.24, 2.45) is 11.8 Å².